The van der Waals surface area contributed by atoms with Crippen LogP contribution in [0.2, 0.25) is 0 Å². The average molecular weight is 446 g/mol. The van der Waals surface area contributed by atoms with Crippen molar-refractivity contribution in [3.63, 3.8) is 0 Å². The lowest BCUT2D eigenvalue weighted by Gasteiger charge is -2.34. The van der Waals surface area contributed by atoms with Gasteiger partial charge >= 0.3 is 11.8 Å². The summed E-state index contributed by atoms with van der Waals surface area (Å²) in [4.78, 5) is 55.8. The van der Waals surface area contributed by atoms with Crippen molar-refractivity contribution in [2.24, 2.45) is 5.73 Å². The molecule has 2 aromatic heterocycles. The number of hydrogen-bond donors (Lipinski definition) is 3. The van der Waals surface area contributed by atoms with Gasteiger partial charge in [0, 0.05) is 18.5 Å². The lowest BCUT2D eigenvalue weighted by atomic mass is 10.0. The maximum Gasteiger partial charge on any atom is 0.313 e. The highest BCUT2D eigenvalue weighted by Gasteiger charge is 2.33. The van der Waals surface area contributed by atoms with Gasteiger partial charge in [-0.3, -0.25) is 19.2 Å². The summed E-state index contributed by atoms with van der Waals surface area (Å²) in [6.07, 6.45) is 3.66. The standard InChI is InChI=1S/C20H23N5O5S/c1-22-17(27)15-7-6-14(31-15)13-5-3-4-8-25(13)20(29)18(28)24-11-9-12(16(21)26)19(30-2)23-10-11/h6-7,9-10,13H,3-5,8H2,1-2H3,(H2,21,26)(H,22,27)(H,24,28)/t13-/m0/s1. The van der Waals surface area contributed by atoms with Gasteiger partial charge in [0.15, 0.2) is 0 Å². The molecule has 0 saturated carbocycles. The van der Waals surface area contributed by atoms with Crippen LogP contribution in [0.1, 0.15) is 50.2 Å². The van der Waals surface area contributed by atoms with E-state index in [4.69, 9.17) is 10.5 Å². The Morgan fingerprint density at radius 1 is 1.26 bits per heavy atom. The molecule has 31 heavy (non-hydrogen) atoms. The summed E-state index contributed by atoms with van der Waals surface area (Å²) < 4.78 is 4.97. The van der Waals surface area contributed by atoms with Gasteiger partial charge in [-0.1, -0.05) is 0 Å². The number of nitrogens with zero attached hydrogens (tertiary/aromatic N) is 2. The van der Waals surface area contributed by atoms with Crippen molar-refractivity contribution in [2.75, 3.05) is 26.0 Å². The van der Waals surface area contributed by atoms with Gasteiger partial charge in [0.05, 0.1) is 29.9 Å². The molecule has 3 rings (SSSR count). The first kappa shape index (κ1) is 22.2. The van der Waals surface area contributed by atoms with Crippen molar-refractivity contribution in [3.8, 4) is 5.88 Å². The van der Waals surface area contributed by atoms with Crippen LogP contribution in [0.15, 0.2) is 24.4 Å². The van der Waals surface area contributed by atoms with E-state index < -0.39 is 17.7 Å². The third-order valence-electron chi connectivity index (χ3n) is 4.93. The number of primary amides is 1. The molecule has 0 radical (unpaired) electrons. The molecule has 11 heteroatoms. The zero-order chi connectivity index (χ0) is 22.5. The number of methoxy groups -OCH3 is 1. The summed E-state index contributed by atoms with van der Waals surface area (Å²) in [5.41, 5.74) is 5.45. The number of likely N-dealkylation sites (tertiary alicyclic amines) is 1. The predicted octanol–water partition coefficient (Wildman–Crippen LogP) is 1.30. The first-order chi connectivity index (χ1) is 14.8. The third-order valence-corrected chi connectivity index (χ3v) is 6.12. The van der Waals surface area contributed by atoms with Crippen LogP contribution in [-0.4, -0.2) is 54.2 Å². The predicted molar refractivity (Wildman–Crippen MR) is 114 cm³/mol. The number of carbonyl (C=O) groups excluding carboxylic acids is 4. The molecule has 1 aliphatic heterocycles. The van der Waals surface area contributed by atoms with E-state index in [1.165, 1.54) is 35.6 Å². The zero-order valence-corrected chi connectivity index (χ0v) is 18.0. The summed E-state index contributed by atoms with van der Waals surface area (Å²) in [6, 6.07) is 4.55. The molecule has 0 aliphatic carbocycles. The van der Waals surface area contributed by atoms with E-state index in [2.05, 4.69) is 15.6 Å². The van der Waals surface area contributed by atoms with Crippen LogP contribution in [0.4, 0.5) is 5.69 Å². The number of carbonyl (C=O) groups is 4. The SMILES string of the molecule is CNC(=O)c1ccc([C@@H]2CCCCN2C(=O)C(=O)Nc2cnc(OC)c(C(N)=O)c2)s1. The molecule has 1 atom stereocenters. The minimum atomic E-state index is -0.850. The molecule has 10 nitrogen and oxygen atoms in total. The second-order valence-electron chi connectivity index (χ2n) is 6.89. The van der Waals surface area contributed by atoms with E-state index in [9.17, 15) is 19.2 Å². The number of amides is 4. The fraction of sp³-hybridized carbons (Fsp3) is 0.350. The van der Waals surface area contributed by atoms with Crippen molar-refractivity contribution >= 4 is 40.7 Å². The molecule has 0 spiro atoms. The van der Waals surface area contributed by atoms with E-state index in [1.807, 2.05) is 6.07 Å². The summed E-state index contributed by atoms with van der Waals surface area (Å²) in [5, 5.41) is 5.05. The Labute approximate surface area is 182 Å². The summed E-state index contributed by atoms with van der Waals surface area (Å²) in [7, 11) is 2.90. The lowest BCUT2D eigenvalue weighted by Crippen LogP contribution is -2.44. The molecule has 164 valence electrons. The van der Waals surface area contributed by atoms with Crippen molar-refractivity contribution in [1.29, 1.82) is 0 Å². The number of anilines is 1. The van der Waals surface area contributed by atoms with Gasteiger partial charge in [0.1, 0.15) is 5.56 Å². The second-order valence-corrected chi connectivity index (χ2v) is 8.01. The van der Waals surface area contributed by atoms with Crippen LogP contribution < -0.4 is 21.1 Å². The number of ether oxygens (including phenoxy) is 1. The Bertz CT molecular complexity index is 1020. The van der Waals surface area contributed by atoms with Crippen LogP contribution in [0, 0.1) is 0 Å². The van der Waals surface area contributed by atoms with Crippen LogP contribution in [0.3, 0.4) is 0 Å². The zero-order valence-electron chi connectivity index (χ0n) is 17.1. The van der Waals surface area contributed by atoms with E-state index in [0.717, 1.165) is 17.7 Å². The van der Waals surface area contributed by atoms with Crippen LogP contribution in [0.5, 0.6) is 5.88 Å². The third kappa shape index (κ3) is 4.82. The number of thiophene rings is 1. The number of hydrogen-bond acceptors (Lipinski definition) is 7. The van der Waals surface area contributed by atoms with E-state index in [-0.39, 0.29) is 29.1 Å². The average Bonchev–Trinajstić information content (AvgIpc) is 3.28. The minimum Gasteiger partial charge on any atom is -0.480 e. The summed E-state index contributed by atoms with van der Waals surface area (Å²) in [6.45, 7) is 0.428. The molecule has 0 bridgehead atoms. The van der Waals surface area contributed by atoms with E-state index >= 15 is 0 Å². The molecule has 1 fully saturated rings. The molecule has 3 heterocycles. The Kier molecular flexibility index (Phi) is 6.85. The van der Waals surface area contributed by atoms with Crippen molar-refractivity contribution in [3.05, 3.63) is 39.7 Å². The van der Waals surface area contributed by atoms with Crippen LogP contribution in [0.25, 0.3) is 0 Å². The largest absolute Gasteiger partial charge is 0.480 e. The lowest BCUT2D eigenvalue weighted by molar-refractivity contribution is -0.145. The molecule has 2 aromatic rings. The maximum absolute atomic E-state index is 12.9. The van der Waals surface area contributed by atoms with Crippen LogP contribution >= 0.6 is 11.3 Å². The smallest absolute Gasteiger partial charge is 0.313 e. The molecule has 1 saturated heterocycles. The molecular formula is C20H23N5O5S. The van der Waals surface area contributed by atoms with Gasteiger partial charge in [0.25, 0.3) is 11.8 Å². The molecule has 0 unspecified atom stereocenters. The second kappa shape index (κ2) is 9.56. The summed E-state index contributed by atoms with van der Waals surface area (Å²) in [5.74, 6) is -2.49. The number of piperidine rings is 1. The van der Waals surface area contributed by atoms with Gasteiger partial charge < -0.3 is 26.0 Å². The Morgan fingerprint density at radius 2 is 2.03 bits per heavy atom. The Morgan fingerprint density at radius 3 is 2.71 bits per heavy atom. The number of aromatic nitrogens is 1. The molecule has 1 aliphatic rings. The molecular weight excluding hydrogens is 422 g/mol. The van der Waals surface area contributed by atoms with Gasteiger partial charge in [-0.2, -0.15) is 0 Å². The molecule has 4 N–H and O–H groups in total. The van der Waals surface area contributed by atoms with Gasteiger partial charge in [0.2, 0.25) is 5.88 Å². The fourth-order valence-electron chi connectivity index (χ4n) is 3.42. The highest BCUT2D eigenvalue weighted by atomic mass is 32.1. The maximum atomic E-state index is 12.9. The number of pyridine rings is 1. The first-order valence-electron chi connectivity index (χ1n) is 9.63. The van der Waals surface area contributed by atoms with Gasteiger partial charge in [-0.15, -0.1) is 11.3 Å². The van der Waals surface area contributed by atoms with Gasteiger partial charge in [-0.25, -0.2) is 4.98 Å². The molecule has 0 aromatic carbocycles. The molecule has 4 amide bonds. The van der Waals surface area contributed by atoms with Crippen LogP contribution in [-0.2, 0) is 9.59 Å². The minimum absolute atomic E-state index is 0.0103. The van der Waals surface area contributed by atoms with E-state index in [1.54, 1.807) is 13.1 Å². The number of rotatable bonds is 5. The number of nitrogens with one attached hydrogen (secondary N) is 2. The van der Waals surface area contributed by atoms with E-state index in [0.29, 0.717) is 17.8 Å². The van der Waals surface area contributed by atoms with Gasteiger partial charge in [-0.05, 0) is 37.5 Å². The quantitative estimate of drug-likeness (QED) is 0.592. The fourth-order valence-corrected chi connectivity index (χ4v) is 4.52. The monoisotopic (exact) mass is 445 g/mol. The topological polar surface area (TPSA) is 144 Å². The highest BCUT2D eigenvalue weighted by Crippen LogP contribution is 2.35. The highest BCUT2D eigenvalue weighted by molar-refractivity contribution is 7.14. The number of nitrogens with two attached hydrogens (primary N) is 1. The van der Waals surface area contributed by atoms with Crippen molar-refractivity contribution in [2.45, 2.75) is 25.3 Å². The Balaban J connectivity index is 1.77. The summed E-state index contributed by atoms with van der Waals surface area (Å²) >= 11 is 1.31. The Hall–Kier alpha value is -3.47. The van der Waals surface area contributed by atoms with Crippen molar-refractivity contribution in [1.82, 2.24) is 15.2 Å². The first-order valence-corrected chi connectivity index (χ1v) is 10.4. The van der Waals surface area contributed by atoms with Crippen molar-refractivity contribution < 1.29 is 23.9 Å². The normalized spacial score (nSPS) is 15.8.